The van der Waals surface area contributed by atoms with E-state index in [0.29, 0.717) is 24.7 Å². The van der Waals surface area contributed by atoms with Crippen LogP contribution in [0.15, 0.2) is 48.5 Å². The Balaban J connectivity index is 1.61. The molecule has 2 aromatic carbocycles. The van der Waals surface area contributed by atoms with Gasteiger partial charge in [0.2, 0.25) is 5.95 Å². The van der Waals surface area contributed by atoms with E-state index in [-0.39, 0.29) is 6.61 Å². The van der Waals surface area contributed by atoms with Crippen LogP contribution in [0.4, 0.5) is 16.4 Å². The number of benzene rings is 2. The minimum absolute atomic E-state index is 0.174. The van der Waals surface area contributed by atoms with Crippen molar-refractivity contribution < 1.29 is 15.0 Å². The first-order valence-electron chi connectivity index (χ1n) is 10.8. The van der Waals surface area contributed by atoms with Crippen molar-refractivity contribution in [3.63, 3.8) is 0 Å². The Bertz CT molecular complexity index is 1020. The number of aryl methyl sites for hydroxylation is 1. The number of anilines is 2. The first kappa shape index (κ1) is 23.3. The Hall–Kier alpha value is -3.39. The molecule has 0 aliphatic heterocycles. The lowest BCUT2D eigenvalue weighted by molar-refractivity contribution is 0.101. The second-order valence-corrected chi connectivity index (χ2v) is 8.71. The molecule has 0 unspecified atom stereocenters. The third kappa shape index (κ3) is 6.31. The number of carboxylic acid groups (broad SMARTS) is 1. The lowest BCUT2D eigenvalue weighted by atomic mass is 10.0. The summed E-state index contributed by atoms with van der Waals surface area (Å²) in [5, 5.41) is 28.8. The molecular formula is C24H31N5O3. The van der Waals surface area contributed by atoms with Gasteiger partial charge in [-0.2, -0.15) is 4.98 Å². The average Bonchev–Trinajstić information content (AvgIpc) is 3.21. The molecule has 0 atom stereocenters. The molecule has 0 radical (unpaired) electrons. The number of aliphatic hydroxyl groups is 1. The van der Waals surface area contributed by atoms with Gasteiger partial charge < -0.3 is 20.4 Å². The highest BCUT2D eigenvalue weighted by molar-refractivity contribution is 5.66. The van der Waals surface area contributed by atoms with Crippen LogP contribution in [0.25, 0.3) is 11.4 Å². The number of aromatic amines is 1. The van der Waals surface area contributed by atoms with Gasteiger partial charge in [0, 0.05) is 29.9 Å². The molecule has 1 aromatic heterocycles. The SMILES string of the molecule is CC(C)(C)N(CCc1ccc(Nc2n[nH]c(-c3cccc(CCCO)c3)n2)cc1)C(=O)O. The van der Waals surface area contributed by atoms with E-state index in [1.54, 1.807) is 0 Å². The maximum absolute atomic E-state index is 11.5. The van der Waals surface area contributed by atoms with Crippen LogP contribution in [0, 0.1) is 0 Å². The molecule has 3 rings (SSSR count). The first-order valence-corrected chi connectivity index (χ1v) is 10.8. The standard InChI is InChI=1S/C24H31N5O3/c1-24(2,3)29(23(31)32)14-13-17-9-11-20(12-10-17)25-22-26-21(27-28-22)19-8-4-6-18(16-19)7-5-15-30/h4,6,8-12,16,30H,5,7,13-15H2,1-3H3,(H,31,32)(H2,25,26,27,28). The van der Waals surface area contributed by atoms with Crippen molar-refractivity contribution in [3.05, 3.63) is 59.7 Å². The van der Waals surface area contributed by atoms with Gasteiger partial charge in [0.25, 0.3) is 0 Å². The summed E-state index contributed by atoms with van der Waals surface area (Å²) in [7, 11) is 0. The quantitative estimate of drug-likeness (QED) is 0.393. The molecule has 0 saturated heterocycles. The monoisotopic (exact) mass is 437 g/mol. The Kier molecular flexibility index (Phi) is 7.48. The van der Waals surface area contributed by atoms with Crippen LogP contribution >= 0.6 is 0 Å². The van der Waals surface area contributed by atoms with Crippen LogP contribution in [0.5, 0.6) is 0 Å². The maximum Gasteiger partial charge on any atom is 0.407 e. The molecule has 170 valence electrons. The summed E-state index contributed by atoms with van der Waals surface area (Å²) in [5.74, 6) is 1.14. The summed E-state index contributed by atoms with van der Waals surface area (Å²) in [5.41, 5.74) is 3.56. The van der Waals surface area contributed by atoms with Crippen LogP contribution in [0.1, 0.15) is 38.3 Å². The van der Waals surface area contributed by atoms with Gasteiger partial charge in [-0.15, -0.1) is 5.10 Å². The lowest BCUT2D eigenvalue weighted by Gasteiger charge is -2.33. The molecule has 3 aromatic rings. The average molecular weight is 438 g/mol. The molecular weight excluding hydrogens is 406 g/mol. The molecule has 1 amide bonds. The van der Waals surface area contributed by atoms with E-state index < -0.39 is 11.6 Å². The summed E-state index contributed by atoms with van der Waals surface area (Å²) in [6, 6.07) is 15.8. The number of aromatic nitrogens is 3. The number of rotatable bonds is 9. The Morgan fingerprint density at radius 2 is 1.84 bits per heavy atom. The number of carbonyl (C=O) groups is 1. The topological polar surface area (TPSA) is 114 Å². The summed E-state index contributed by atoms with van der Waals surface area (Å²) in [6.07, 6.45) is 1.28. The van der Waals surface area contributed by atoms with Crippen molar-refractivity contribution in [1.82, 2.24) is 20.1 Å². The zero-order chi connectivity index (χ0) is 23.1. The van der Waals surface area contributed by atoms with E-state index in [4.69, 9.17) is 5.11 Å². The molecule has 4 N–H and O–H groups in total. The zero-order valence-electron chi connectivity index (χ0n) is 18.8. The van der Waals surface area contributed by atoms with Gasteiger partial charge in [-0.25, -0.2) is 4.79 Å². The third-order valence-corrected chi connectivity index (χ3v) is 5.18. The van der Waals surface area contributed by atoms with Crippen LogP contribution in [0.2, 0.25) is 0 Å². The highest BCUT2D eigenvalue weighted by Gasteiger charge is 2.25. The summed E-state index contributed by atoms with van der Waals surface area (Å²) >= 11 is 0. The molecule has 1 heterocycles. The molecule has 0 aliphatic rings. The molecule has 8 heteroatoms. The van der Waals surface area contributed by atoms with E-state index in [1.807, 2.05) is 69.3 Å². The number of aliphatic hydroxyl groups excluding tert-OH is 1. The normalized spacial score (nSPS) is 11.4. The number of amides is 1. The summed E-state index contributed by atoms with van der Waals surface area (Å²) < 4.78 is 0. The predicted octanol–water partition coefficient (Wildman–Crippen LogP) is 4.46. The minimum Gasteiger partial charge on any atom is -0.465 e. The van der Waals surface area contributed by atoms with Crippen molar-refractivity contribution >= 4 is 17.7 Å². The van der Waals surface area contributed by atoms with Gasteiger partial charge in [-0.05, 0) is 69.4 Å². The molecule has 0 saturated carbocycles. The van der Waals surface area contributed by atoms with Crippen LogP contribution in [0.3, 0.4) is 0 Å². The Morgan fingerprint density at radius 3 is 2.50 bits per heavy atom. The van der Waals surface area contributed by atoms with Gasteiger partial charge in [0.15, 0.2) is 5.82 Å². The fourth-order valence-corrected chi connectivity index (χ4v) is 3.45. The Labute approximate surface area is 188 Å². The smallest absolute Gasteiger partial charge is 0.407 e. The second kappa shape index (κ2) is 10.3. The summed E-state index contributed by atoms with van der Waals surface area (Å²) in [6.45, 7) is 6.29. The fraction of sp³-hybridized carbons (Fsp3) is 0.375. The van der Waals surface area contributed by atoms with Crippen molar-refractivity contribution in [1.29, 1.82) is 0 Å². The molecule has 32 heavy (non-hydrogen) atoms. The third-order valence-electron chi connectivity index (χ3n) is 5.18. The maximum atomic E-state index is 11.5. The van der Waals surface area contributed by atoms with Crippen molar-refractivity contribution in [2.75, 3.05) is 18.5 Å². The molecule has 8 nitrogen and oxygen atoms in total. The fourth-order valence-electron chi connectivity index (χ4n) is 3.45. The van der Waals surface area contributed by atoms with Gasteiger partial charge in [0.1, 0.15) is 0 Å². The molecule has 0 spiro atoms. The molecule has 0 aliphatic carbocycles. The van der Waals surface area contributed by atoms with Crippen molar-refractivity contribution in [3.8, 4) is 11.4 Å². The first-order chi connectivity index (χ1) is 15.3. The van der Waals surface area contributed by atoms with Crippen molar-refractivity contribution in [2.24, 2.45) is 0 Å². The highest BCUT2D eigenvalue weighted by Crippen LogP contribution is 2.21. The Morgan fingerprint density at radius 1 is 1.09 bits per heavy atom. The predicted molar refractivity (Wildman–Crippen MR) is 125 cm³/mol. The van der Waals surface area contributed by atoms with Crippen LogP contribution < -0.4 is 5.32 Å². The van der Waals surface area contributed by atoms with Crippen LogP contribution in [-0.4, -0.2) is 55.1 Å². The second-order valence-electron chi connectivity index (χ2n) is 8.71. The van der Waals surface area contributed by atoms with Crippen LogP contribution in [-0.2, 0) is 12.8 Å². The van der Waals surface area contributed by atoms with Crippen molar-refractivity contribution in [2.45, 2.75) is 45.6 Å². The number of hydrogen-bond acceptors (Lipinski definition) is 5. The summed E-state index contributed by atoms with van der Waals surface area (Å²) in [4.78, 5) is 17.5. The molecule has 0 fully saturated rings. The molecule has 0 bridgehead atoms. The van der Waals surface area contributed by atoms with E-state index in [1.165, 1.54) is 4.90 Å². The van der Waals surface area contributed by atoms with E-state index in [0.717, 1.165) is 35.2 Å². The van der Waals surface area contributed by atoms with E-state index in [2.05, 4.69) is 20.5 Å². The van der Waals surface area contributed by atoms with Gasteiger partial charge in [-0.3, -0.25) is 5.10 Å². The number of hydrogen-bond donors (Lipinski definition) is 4. The van der Waals surface area contributed by atoms with E-state index in [9.17, 15) is 9.90 Å². The zero-order valence-corrected chi connectivity index (χ0v) is 18.8. The number of nitrogens with one attached hydrogen (secondary N) is 2. The van der Waals surface area contributed by atoms with Gasteiger partial charge in [0.05, 0.1) is 0 Å². The lowest BCUT2D eigenvalue weighted by Crippen LogP contribution is -2.45. The van der Waals surface area contributed by atoms with Gasteiger partial charge >= 0.3 is 6.09 Å². The highest BCUT2D eigenvalue weighted by atomic mass is 16.4. The largest absolute Gasteiger partial charge is 0.465 e. The number of H-pyrrole nitrogens is 1. The van der Waals surface area contributed by atoms with E-state index >= 15 is 0 Å². The minimum atomic E-state index is -0.907. The van der Waals surface area contributed by atoms with Gasteiger partial charge in [-0.1, -0.05) is 30.3 Å². The number of nitrogens with zero attached hydrogens (tertiary/aromatic N) is 3.